The van der Waals surface area contributed by atoms with Gasteiger partial charge >= 0.3 is 6.18 Å². The number of hydroxylamine groups is 1. The predicted octanol–water partition coefficient (Wildman–Crippen LogP) is 1.69. The van der Waals surface area contributed by atoms with Gasteiger partial charge in [0.15, 0.2) is 6.10 Å². The van der Waals surface area contributed by atoms with E-state index in [0.717, 1.165) is 6.92 Å². The van der Waals surface area contributed by atoms with Crippen molar-refractivity contribution in [1.29, 1.82) is 0 Å². The van der Waals surface area contributed by atoms with Crippen molar-refractivity contribution < 1.29 is 22.8 Å². The van der Waals surface area contributed by atoms with Crippen LogP contribution in [0.1, 0.15) is 17.3 Å². The lowest BCUT2D eigenvalue weighted by atomic mass is 10.3. The average molecular weight is 234 g/mol. The molecule has 7 heteroatoms. The number of halogens is 3. The number of alkyl halides is 3. The minimum atomic E-state index is -4.51. The van der Waals surface area contributed by atoms with Crippen LogP contribution in [0.15, 0.2) is 24.5 Å². The number of aromatic nitrogens is 1. The van der Waals surface area contributed by atoms with Crippen LogP contribution in [0.25, 0.3) is 0 Å². The lowest BCUT2D eigenvalue weighted by Gasteiger charge is -2.15. The highest BCUT2D eigenvalue weighted by atomic mass is 19.4. The number of amides is 1. The minimum absolute atomic E-state index is 0.122. The highest BCUT2D eigenvalue weighted by Crippen LogP contribution is 2.21. The summed E-state index contributed by atoms with van der Waals surface area (Å²) in [6.45, 7) is 0.795. The lowest BCUT2D eigenvalue weighted by molar-refractivity contribution is -0.226. The number of nitrogens with one attached hydrogen (secondary N) is 1. The number of carbonyl (C=O) groups is 1. The van der Waals surface area contributed by atoms with E-state index < -0.39 is 18.2 Å². The van der Waals surface area contributed by atoms with E-state index in [0.29, 0.717) is 0 Å². The zero-order chi connectivity index (χ0) is 12.2. The first kappa shape index (κ1) is 12.4. The minimum Gasteiger partial charge on any atom is -0.267 e. The molecule has 4 nitrogen and oxygen atoms in total. The number of hydrogen-bond acceptors (Lipinski definition) is 3. The summed E-state index contributed by atoms with van der Waals surface area (Å²) < 4.78 is 36.0. The van der Waals surface area contributed by atoms with Crippen molar-refractivity contribution in [3.8, 4) is 0 Å². The van der Waals surface area contributed by atoms with Crippen molar-refractivity contribution in [2.75, 3.05) is 0 Å². The van der Waals surface area contributed by atoms with E-state index in [9.17, 15) is 18.0 Å². The van der Waals surface area contributed by atoms with Crippen LogP contribution in [0.4, 0.5) is 13.2 Å². The summed E-state index contributed by atoms with van der Waals surface area (Å²) in [6, 6.07) is 2.89. The van der Waals surface area contributed by atoms with Gasteiger partial charge in [-0.1, -0.05) is 0 Å². The van der Waals surface area contributed by atoms with Crippen LogP contribution in [0.2, 0.25) is 0 Å². The Morgan fingerprint density at radius 2 is 2.25 bits per heavy atom. The van der Waals surface area contributed by atoms with E-state index in [2.05, 4.69) is 9.82 Å². The van der Waals surface area contributed by atoms with E-state index in [1.165, 1.54) is 24.5 Å². The largest absolute Gasteiger partial charge is 0.416 e. The van der Waals surface area contributed by atoms with Gasteiger partial charge in [0.1, 0.15) is 0 Å². The second kappa shape index (κ2) is 4.93. The smallest absolute Gasteiger partial charge is 0.267 e. The first-order chi connectivity index (χ1) is 7.41. The Morgan fingerprint density at radius 3 is 2.75 bits per heavy atom. The van der Waals surface area contributed by atoms with Gasteiger partial charge in [-0.05, 0) is 19.1 Å². The Balaban J connectivity index is 2.48. The van der Waals surface area contributed by atoms with Gasteiger partial charge in [0.2, 0.25) is 0 Å². The van der Waals surface area contributed by atoms with Crippen LogP contribution in [0.3, 0.4) is 0 Å². The second-order valence-corrected chi connectivity index (χ2v) is 2.97. The Bertz CT molecular complexity index is 354. The number of nitrogens with zero attached hydrogens (tertiary/aromatic N) is 1. The molecule has 1 unspecified atom stereocenters. The molecular formula is C9H9F3N2O2. The third-order valence-electron chi connectivity index (χ3n) is 1.71. The monoisotopic (exact) mass is 234 g/mol. The molecular weight excluding hydrogens is 225 g/mol. The molecule has 0 bridgehead atoms. The SMILES string of the molecule is CC(ONC(=O)c1cccnc1)C(F)(F)F. The lowest BCUT2D eigenvalue weighted by Crippen LogP contribution is -2.36. The van der Waals surface area contributed by atoms with Gasteiger partial charge in [-0.2, -0.15) is 13.2 Å². The fraction of sp³-hybridized carbons (Fsp3) is 0.333. The summed E-state index contributed by atoms with van der Waals surface area (Å²) in [7, 11) is 0. The Labute approximate surface area is 89.4 Å². The maximum Gasteiger partial charge on any atom is 0.416 e. The van der Waals surface area contributed by atoms with E-state index in [1.807, 2.05) is 0 Å². The highest BCUT2D eigenvalue weighted by Gasteiger charge is 2.37. The molecule has 1 atom stereocenters. The first-order valence-corrected chi connectivity index (χ1v) is 4.34. The molecule has 1 heterocycles. The first-order valence-electron chi connectivity index (χ1n) is 4.34. The van der Waals surface area contributed by atoms with Crippen molar-refractivity contribution in [2.45, 2.75) is 19.2 Å². The maximum atomic E-state index is 12.0. The number of rotatable bonds is 3. The van der Waals surface area contributed by atoms with Gasteiger partial charge in [0, 0.05) is 12.4 Å². The van der Waals surface area contributed by atoms with Crippen LogP contribution in [-0.2, 0) is 4.84 Å². The fourth-order valence-electron chi connectivity index (χ4n) is 0.765. The van der Waals surface area contributed by atoms with Crippen molar-refractivity contribution in [1.82, 2.24) is 10.5 Å². The highest BCUT2D eigenvalue weighted by molar-refractivity contribution is 5.93. The van der Waals surface area contributed by atoms with Gasteiger partial charge in [0.05, 0.1) is 5.56 Å². The summed E-state index contributed by atoms with van der Waals surface area (Å²) >= 11 is 0. The Morgan fingerprint density at radius 1 is 1.56 bits per heavy atom. The van der Waals surface area contributed by atoms with Gasteiger partial charge < -0.3 is 0 Å². The summed E-state index contributed by atoms with van der Waals surface area (Å²) in [5.74, 6) is -0.774. The third kappa shape index (κ3) is 3.50. The van der Waals surface area contributed by atoms with Crippen LogP contribution >= 0.6 is 0 Å². The zero-order valence-corrected chi connectivity index (χ0v) is 8.28. The number of hydrogen-bond donors (Lipinski definition) is 1. The number of carbonyl (C=O) groups excluding carboxylic acids is 1. The van der Waals surface area contributed by atoms with E-state index in [-0.39, 0.29) is 5.56 Å². The van der Waals surface area contributed by atoms with E-state index in [1.54, 1.807) is 5.48 Å². The summed E-state index contributed by atoms with van der Waals surface area (Å²) in [6.07, 6.45) is -3.91. The molecule has 0 aliphatic heterocycles. The van der Waals surface area contributed by atoms with Gasteiger partial charge in [0.25, 0.3) is 5.91 Å². The second-order valence-electron chi connectivity index (χ2n) is 2.97. The van der Waals surface area contributed by atoms with Crippen molar-refractivity contribution in [3.05, 3.63) is 30.1 Å². The molecule has 0 fully saturated rings. The van der Waals surface area contributed by atoms with Crippen LogP contribution in [-0.4, -0.2) is 23.2 Å². The van der Waals surface area contributed by atoms with Crippen molar-refractivity contribution in [3.63, 3.8) is 0 Å². The summed E-state index contributed by atoms with van der Waals surface area (Å²) in [5, 5.41) is 0. The molecule has 88 valence electrons. The molecule has 1 aromatic rings. The molecule has 0 aliphatic rings. The Hall–Kier alpha value is -1.63. The van der Waals surface area contributed by atoms with Crippen molar-refractivity contribution >= 4 is 5.91 Å². The molecule has 0 aromatic carbocycles. The summed E-state index contributed by atoms with van der Waals surface area (Å²) in [4.78, 5) is 19.0. The molecule has 1 N–H and O–H groups in total. The molecule has 0 saturated carbocycles. The third-order valence-corrected chi connectivity index (χ3v) is 1.71. The van der Waals surface area contributed by atoms with Gasteiger partial charge in [-0.15, -0.1) is 0 Å². The fourth-order valence-corrected chi connectivity index (χ4v) is 0.765. The normalized spacial score (nSPS) is 13.2. The van der Waals surface area contributed by atoms with Crippen LogP contribution in [0.5, 0.6) is 0 Å². The molecule has 0 spiro atoms. The maximum absolute atomic E-state index is 12.0. The van der Waals surface area contributed by atoms with E-state index in [4.69, 9.17) is 0 Å². The predicted molar refractivity (Wildman–Crippen MR) is 48.3 cm³/mol. The van der Waals surface area contributed by atoms with E-state index >= 15 is 0 Å². The van der Waals surface area contributed by atoms with Gasteiger partial charge in [-0.3, -0.25) is 14.6 Å². The molecule has 0 saturated heterocycles. The molecule has 0 aliphatic carbocycles. The molecule has 1 rings (SSSR count). The van der Waals surface area contributed by atoms with Crippen LogP contribution < -0.4 is 5.48 Å². The standard InChI is InChI=1S/C9H9F3N2O2/c1-6(9(10,11)12)16-14-8(15)7-3-2-4-13-5-7/h2-6H,1H3,(H,14,15). The molecule has 1 aromatic heterocycles. The number of pyridine rings is 1. The average Bonchev–Trinajstić information content (AvgIpc) is 2.25. The van der Waals surface area contributed by atoms with Crippen LogP contribution in [0, 0.1) is 0 Å². The summed E-state index contributed by atoms with van der Waals surface area (Å²) in [5.41, 5.74) is 1.83. The molecule has 1 amide bonds. The molecule has 16 heavy (non-hydrogen) atoms. The molecule has 0 radical (unpaired) electrons. The zero-order valence-electron chi connectivity index (χ0n) is 8.28. The topological polar surface area (TPSA) is 51.2 Å². The van der Waals surface area contributed by atoms with Crippen molar-refractivity contribution in [2.24, 2.45) is 0 Å². The quantitative estimate of drug-likeness (QED) is 0.810. The van der Waals surface area contributed by atoms with Gasteiger partial charge in [-0.25, -0.2) is 5.48 Å². The Kier molecular flexibility index (Phi) is 3.83.